The zero-order valence-corrected chi connectivity index (χ0v) is 13.2. The van der Waals surface area contributed by atoms with E-state index in [1.54, 1.807) is 12.1 Å². The van der Waals surface area contributed by atoms with Crippen LogP contribution in [0, 0.1) is 5.82 Å². The van der Waals surface area contributed by atoms with Crippen LogP contribution in [0.3, 0.4) is 0 Å². The largest absolute Gasteiger partial charge is 0.363 e. The summed E-state index contributed by atoms with van der Waals surface area (Å²) >= 11 is 12.4. The van der Waals surface area contributed by atoms with Gasteiger partial charge in [0.05, 0.1) is 16.1 Å². The summed E-state index contributed by atoms with van der Waals surface area (Å²) < 4.78 is 13.5. The minimum atomic E-state index is -0.279. The summed E-state index contributed by atoms with van der Waals surface area (Å²) in [6.45, 7) is 3.02. The van der Waals surface area contributed by atoms with Gasteiger partial charge in [-0.3, -0.25) is 0 Å². The first kappa shape index (κ1) is 16.1. The minimum Gasteiger partial charge on any atom is -0.363 e. The van der Waals surface area contributed by atoms with Crippen LogP contribution in [-0.2, 0) is 0 Å². The summed E-state index contributed by atoms with van der Waals surface area (Å²) in [5.74, 6) is -0.279. The molecule has 0 saturated carbocycles. The minimum absolute atomic E-state index is 0.164. The Morgan fingerprint density at radius 1 is 1.19 bits per heavy atom. The van der Waals surface area contributed by atoms with Crippen LogP contribution in [0.5, 0.6) is 0 Å². The lowest BCUT2D eigenvalue weighted by Crippen LogP contribution is -2.34. The molecule has 0 aliphatic rings. The molecule has 5 heteroatoms. The van der Waals surface area contributed by atoms with E-state index in [9.17, 15) is 4.39 Å². The summed E-state index contributed by atoms with van der Waals surface area (Å²) in [6.07, 6.45) is 0. The van der Waals surface area contributed by atoms with Crippen molar-refractivity contribution < 1.29 is 4.39 Å². The number of hydrogen-bond acceptors (Lipinski definition) is 2. The standard InChI is InChI=1S/C16H17Cl2FN2/c1-2-21(12-6-3-5-11(19)9-12)15(10-20)13-7-4-8-14(17)16(13)18/h3-9,15H,2,10,20H2,1H3. The lowest BCUT2D eigenvalue weighted by molar-refractivity contribution is 0.616. The lowest BCUT2D eigenvalue weighted by Gasteiger charge is -2.33. The molecule has 2 rings (SSSR count). The number of hydrogen-bond donors (Lipinski definition) is 1. The number of likely N-dealkylation sites (N-methyl/N-ethyl adjacent to an activating group) is 1. The molecular formula is C16H17Cl2FN2. The molecule has 21 heavy (non-hydrogen) atoms. The molecular weight excluding hydrogens is 310 g/mol. The van der Waals surface area contributed by atoms with Crippen molar-refractivity contribution in [3.8, 4) is 0 Å². The summed E-state index contributed by atoms with van der Waals surface area (Å²) in [5, 5.41) is 0.979. The molecule has 0 radical (unpaired) electrons. The van der Waals surface area contributed by atoms with Gasteiger partial charge in [0.25, 0.3) is 0 Å². The van der Waals surface area contributed by atoms with Gasteiger partial charge in [-0.25, -0.2) is 4.39 Å². The predicted molar refractivity (Wildman–Crippen MR) is 87.7 cm³/mol. The molecule has 2 aromatic rings. The highest BCUT2D eigenvalue weighted by Crippen LogP contribution is 2.34. The number of benzene rings is 2. The van der Waals surface area contributed by atoms with Gasteiger partial charge in [0.15, 0.2) is 0 Å². The molecule has 0 aliphatic heterocycles. The Balaban J connectivity index is 2.45. The van der Waals surface area contributed by atoms with Gasteiger partial charge in [-0.2, -0.15) is 0 Å². The van der Waals surface area contributed by atoms with Gasteiger partial charge < -0.3 is 10.6 Å². The first-order valence-corrected chi connectivity index (χ1v) is 7.50. The molecule has 0 heterocycles. The van der Waals surface area contributed by atoms with Gasteiger partial charge in [-0.15, -0.1) is 0 Å². The van der Waals surface area contributed by atoms with Crippen molar-refractivity contribution in [2.75, 3.05) is 18.0 Å². The van der Waals surface area contributed by atoms with Gasteiger partial charge in [0.2, 0.25) is 0 Å². The monoisotopic (exact) mass is 326 g/mol. The normalized spacial score (nSPS) is 12.2. The summed E-state index contributed by atoms with van der Waals surface area (Å²) in [6, 6.07) is 11.8. The fourth-order valence-electron chi connectivity index (χ4n) is 2.44. The molecule has 0 bridgehead atoms. The van der Waals surface area contributed by atoms with Crippen molar-refractivity contribution in [2.45, 2.75) is 13.0 Å². The second-order valence-corrected chi connectivity index (χ2v) is 5.45. The topological polar surface area (TPSA) is 29.3 Å². The fourth-order valence-corrected chi connectivity index (χ4v) is 2.87. The van der Waals surface area contributed by atoms with Crippen LogP contribution in [0.15, 0.2) is 42.5 Å². The van der Waals surface area contributed by atoms with Crippen molar-refractivity contribution in [1.82, 2.24) is 0 Å². The van der Waals surface area contributed by atoms with Crippen LogP contribution >= 0.6 is 23.2 Å². The molecule has 1 atom stereocenters. The average Bonchev–Trinajstić information content (AvgIpc) is 2.48. The zero-order chi connectivity index (χ0) is 15.4. The van der Waals surface area contributed by atoms with E-state index in [1.807, 2.05) is 30.0 Å². The SMILES string of the molecule is CCN(c1cccc(F)c1)C(CN)c1cccc(Cl)c1Cl. The molecule has 1 unspecified atom stereocenters. The molecule has 2 N–H and O–H groups in total. The number of rotatable bonds is 5. The Kier molecular flexibility index (Phi) is 5.45. The van der Waals surface area contributed by atoms with Crippen LogP contribution < -0.4 is 10.6 Å². The molecule has 112 valence electrons. The van der Waals surface area contributed by atoms with E-state index in [1.165, 1.54) is 12.1 Å². The second kappa shape index (κ2) is 7.12. The smallest absolute Gasteiger partial charge is 0.125 e. The van der Waals surface area contributed by atoms with Crippen LogP contribution in [0.4, 0.5) is 10.1 Å². The van der Waals surface area contributed by atoms with Crippen LogP contribution in [0.1, 0.15) is 18.5 Å². The maximum atomic E-state index is 13.5. The van der Waals surface area contributed by atoms with Gasteiger partial charge in [0.1, 0.15) is 5.82 Å². The van der Waals surface area contributed by atoms with Gasteiger partial charge >= 0.3 is 0 Å². The predicted octanol–water partition coefficient (Wildman–Crippen LogP) is 4.66. The highest BCUT2D eigenvalue weighted by Gasteiger charge is 2.21. The zero-order valence-electron chi connectivity index (χ0n) is 11.7. The second-order valence-electron chi connectivity index (χ2n) is 4.66. The van der Waals surface area contributed by atoms with Gasteiger partial charge in [-0.1, -0.05) is 41.4 Å². The van der Waals surface area contributed by atoms with Crippen molar-refractivity contribution in [2.24, 2.45) is 5.73 Å². The van der Waals surface area contributed by atoms with Crippen LogP contribution in [0.2, 0.25) is 10.0 Å². The number of anilines is 1. The summed E-state index contributed by atoms with van der Waals surface area (Å²) in [4.78, 5) is 2.01. The summed E-state index contributed by atoms with van der Waals surface area (Å²) in [7, 11) is 0. The van der Waals surface area contributed by atoms with E-state index in [0.717, 1.165) is 11.3 Å². The Labute approximate surface area is 134 Å². The van der Waals surface area contributed by atoms with Crippen molar-refractivity contribution >= 4 is 28.9 Å². The molecule has 2 nitrogen and oxygen atoms in total. The molecule has 0 fully saturated rings. The van der Waals surface area contributed by atoms with E-state index in [4.69, 9.17) is 28.9 Å². The third-order valence-corrected chi connectivity index (χ3v) is 4.25. The van der Waals surface area contributed by atoms with E-state index < -0.39 is 0 Å². The third kappa shape index (κ3) is 3.49. The lowest BCUT2D eigenvalue weighted by atomic mass is 10.0. The van der Waals surface area contributed by atoms with E-state index >= 15 is 0 Å². The highest BCUT2D eigenvalue weighted by atomic mass is 35.5. The van der Waals surface area contributed by atoms with Crippen molar-refractivity contribution in [3.05, 3.63) is 63.9 Å². The van der Waals surface area contributed by atoms with Crippen LogP contribution in [0.25, 0.3) is 0 Å². The average molecular weight is 327 g/mol. The maximum Gasteiger partial charge on any atom is 0.125 e. The van der Waals surface area contributed by atoms with Crippen molar-refractivity contribution in [1.29, 1.82) is 0 Å². The first-order valence-electron chi connectivity index (χ1n) is 6.74. The summed E-state index contributed by atoms with van der Waals surface area (Å²) in [5.41, 5.74) is 7.55. The molecule has 0 amide bonds. The Hall–Kier alpha value is -1.29. The van der Waals surface area contributed by atoms with Crippen LogP contribution in [-0.4, -0.2) is 13.1 Å². The molecule has 0 spiro atoms. The Morgan fingerprint density at radius 2 is 1.90 bits per heavy atom. The quantitative estimate of drug-likeness (QED) is 0.865. The molecule has 0 saturated heterocycles. The number of nitrogens with two attached hydrogens (primary N) is 1. The van der Waals surface area contributed by atoms with E-state index in [2.05, 4.69) is 0 Å². The first-order chi connectivity index (χ1) is 10.1. The Bertz CT molecular complexity index is 619. The molecule has 2 aromatic carbocycles. The van der Waals surface area contributed by atoms with Crippen molar-refractivity contribution in [3.63, 3.8) is 0 Å². The maximum absolute atomic E-state index is 13.5. The third-order valence-electron chi connectivity index (χ3n) is 3.42. The molecule has 0 aliphatic carbocycles. The van der Waals surface area contributed by atoms with Gasteiger partial charge in [0, 0.05) is 18.8 Å². The Morgan fingerprint density at radius 3 is 2.52 bits per heavy atom. The van der Waals surface area contributed by atoms with Gasteiger partial charge in [-0.05, 0) is 36.8 Å². The van der Waals surface area contributed by atoms with E-state index in [-0.39, 0.29) is 11.9 Å². The fraction of sp³-hybridized carbons (Fsp3) is 0.250. The number of halogens is 3. The highest BCUT2D eigenvalue weighted by molar-refractivity contribution is 6.42. The number of nitrogens with zero attached hydrogens (tertiary/aromatic N) is 1. The molecule has 0 aromatic heterocycles. The van der Waals surface area contributed by atoms with E-state index in [0.29, 0.717) is 23.1 Å².